The number of hydrogen-bond donors (Lipinski definition) is 1. The molecular weight excluding hydrogens is 198 g/mol. The van der Waals surface area contributed by atoms with Crippen molar-refractivity contribution in [3.63, 3.8) is 0 Å². The first-order valence-corrected chi connectivity index (χ1v) is 6.18. The van der Waals surface area contributed by atoms with Crippen molar-refractivity contribution in [3.8, 4) is 0 Å². The van der Waals surface area contributed by atoms with Gasteiger partial charge < -0.3 is 10.1 Å². The van der Waals surface area contributed by atoms with Gasteiger partial charge in [0.2, 0.25) is 0 Å². The summed E-state index contributed by atoms with van der Waals surface area (Å²) in [7, 11) is 1.82. The smallest absolute Gasteiger partial charge is 0.0586 e. The van der Waals surface area contributed by atoms with Gasteiger partial charge in [0.25, 0.3) is 0 Å². The molecule has 0 aliphatic heterocycles. The van der Waals surface area contributed by atoms with Gasteiger partial charge in [-0.1, -0.05) is 30.3 Å². The molecule has 0 radical (unpaired) electrons. The molecule has 2 unspecified atom stereocenters. The van der Waals surface area contributed by atoms with E-state index in [4.69, 9.17) is 4.74 Å². The number of nitrogens with one attached hydrogen (secondary N) is 1. The Morgan fingerprint density at radius 1 is 1.25 bits per heavy atom. The highest BCUT2D eigenvalue weighted by Gasteiger charge is 2.23. The predicted molar refractivity (Wildman–Crippen MR) is 66.6 cm³/mol. The van der Waals surface area contributed by atoms with E-state index < -0.39 is 0 Å². The fraction of sp³-hybridized carbons (Fsp3) is 0.571. The molecule has 88 valence electrons. The second-order valence-electron chi connectivity index (χ2n) is 4.56. The highest BCUT2D eigenvalue weighted by molar-refractivity contribution is 5.14. The lowest BCUT2D eigenvalue weighted by Crippen LogP contribution is -2.29. The van der Waals surface area contributed by atoms with Crippen LogP contribution in [0.3, 0.4) is 0 Å². The minimum absolute atomic E-state index is 0.481. The number of hydrogen-bond acceptors (Lipinski definition) is 2. The van der Waals surface area contributed by atoms with Crippen molar-refractivity contribution in [3.05, 3.63) is 35.9 Å². The molecule has 0 saturated heterocycles. The lowest BCUT2D eigenvalue weighted by Gasteiger charge is -2.12. The van der Waals surface area contributed by atoms with Gasteiger partial charge in [0.05, 0.1) is 6.10 Å². The van der Waals surface area contributed by atoms with E-state index >= 15 is 0 Å². The van der Waals surface area contributed by atoms with E-state index in [1.807, 2.05) is 7.11 Å². The minimum atomic E-state index is 0.481. The van der Waals surface area contributed by atoms with Crippen LogP contribution in [-0.2, 0) is 11.2 Å². The summed E-state index contributed by atoms with van der Waals surface area (Å²) in [4.78, 5) is 0. The van der Waals surface area contributed by atoms with Crippen LogP contribution in [-0.4, -0.2) is 25.8 Å². The van der Waals surface area contributed by atoms with Gasteiger partial charge in [0.15, 0.2) is 0 Å². The third-order valence-electron chi connectivity index (χ3n) is 3.41. The maximum absolute atomic E-state index is 5.37. The summed E-state index contributed by atoms with van der Waals surface area (Å²) in [5.41, 5.74) is 1.41. The zero-order valence-corrected chi connectivity index (χ0v) is 9.99. The molecule has 1 fully saturated rings. The molecular formula is C14H21NO. The molecule has 0 bridgehead atoms. The standard InChI is InChI=1S/C14H21NO/c1-16-14-8-7-13(11-14)15-10-9-12-5-3-2-4-6-12/h2-6,13-15H,7-11H2,1H3. The molecule has 1 aliphatic rings. The number of rotatable bonds is 5. The van der Waals surface area contributed by atoms with Crippen molar-refractivity contribution in [2.24, 2.45) is 0 Å². The van der Waals surface area contributed by atoms with E-state index in [0.29, 0.717) is 12.1 Å². The van der Waals surface area contributed by atoms with Gasteiger partial charge >= 0.3 is 0 Å². The summed E-state index contributed by atoms with van der Waals surface area (Å²) in [6, 6.07) is 11.3. The first-order chi connectivity index (χ1) is 7.88. The fourth-order valence-corrected chi connectivity index (χ4v) is 2.40. The molecule has 1 N–H and O–H groups in total. The Labute approximate surface area is 98.0 Å². The number of benzene rings is 1. The SMILES string of the molecule is COC1CCC(NCCc2ccccc2)C1. The van der Waals surface area contributed by atoms with E-state index in [1.165, 1.54) is 24.8 Å². The van der Waals surface area contributed by atoms with Crippen molar-refractivity contribution in [2.45, 2.75) is 37.8 Å². The second-order valence-corrected chi connectivity index (χ2v) is 4.56. The summed E-state index contributed by atoms with van der Waals surface area (Å²) in [5, 5.41) is 3.61. The van der Waals surface area contributed by atoms with E-state index in [2.05, 4.69) is 35.6 Å². The Morgan fingerprint density at radius 2 is 2.06 bits per heavy atom. The van der Waals surface area contributed by atoms with Gasteiger partial charge in [-0.15, -0.1) is 0 Å². The van der Waals surface area contributed by atoms with Crippen LogP contribution < -0.4 is 5.32 Å². The number of ether oxygens (including phenoxy) is 1. The van der Waals surface area contributed by atoms with Crippen molar-refractivity contribution in [2.75, 3.05) is 13.7 Å². The summed E-state index contributed by atoms with van der Waals surface area (Å²) in [5.74, 6) is 0. The van der Waals surface area contributed by atoms with Crippen LogP contribution in [0.25, 0.3) is 0 Å². The van der Waals surface area contributed by atoms with E-state index in [9.17, 15) is 0 Å². The van der Waals surface area contributed by atoms with Gasteiger partial charge in [-0.05, 0) is 37.8 Å². The second kappa shape index (κ2) is 6.02. The molecule has 2 atom stereocenters. The molecule has 16 heavy (non-hydrogen) atoms. The quantitative estimate of drug-likeness (QED) is 0.821. The monoisotopic (exact) mass is 219 g/mol. The molecule has 1 aliphatic carbocycles. The molecule has 2 rings (SSSR count). The van der Waals surface area contributed by atoms with Crippen LogP contribution in [0.2, 0.25) is 0 Å². The molecule has 0 aromatic heterocycles. The van der Waals surface area contributed by atoms with Crippen LogP contribution in [0.5, 0.6) is 0 Å². The van der Waals surface area contributed by atoms with Gasteiger partial charge in [-0.2, -0.15) is 0 Å². The van der Waals surface area contributed by atoms with Crippen molar-refractivity contribution in [1.29, 1.82) is 0 Å². The third-order valence-corrected chi connectivity index (χ3v) is 3.41. The highest BCUT2D eigenvalue weighted by Crippen LogP contribution is 2.21. The molecule has 0 heterocycles. The largest absolute Gasteiger partial charge is 0.381 e. The fourth-order valence-electron chi connectivity index (χ4n) is 2.40. The molecule has 1 saturated carbocycles. The Morgan fingerprint density at radius 3 is 2.75 bits per heavy atom. The van der Waals surface area contributed by atoms with Crippen LogP contribution >= 0.6 is 0 Å². The summed E-state index contributed by atoms with van der Waals surface area (Å²) in [6.45, 7) is 1.07. The molecule has 2 heteroatoms. The van der Waals surface area contributed by atoms with Crippen LogP contribution in [0.4, 0.5) is 0 Å². The average Bonchev–Trinajstić information content (AvgIpc) is 2.78. The normalized spacial score (nSPS) is 24.8. The van der Waals surface area contributed by atoms with Gasteiger partial charge in [0, 0.05) is 13.2 Å². The molecule has 2 nitrogen and oxygen atoms in total. The molecule has 0 spiro atoms. The van der Waals surface area contributed by atoms with Crippen molar-refractivity contribution < 1.29 is 4.74 Å². The zero-order chi connectivity index (χ0) is 11.2. The molecule has 0 amide bonds. The average molecular weight is 219 g/mol. The topological polar surface area (TPSA) is 21.3 Å². The zero-order valence-electron chi connectivity index (χ0n) is 9.99. The minimum Gasteiger partial charge on any atom is -0.381 e. The lowest BCUT2D eigenvalue weighted by molar-refractivity contribution is 0.107. The number of methoxy groups -OCH3 is 1. The Balaban J connectivity index is 1.65. The van der Waals surface area contributed by atoms with Gasteiger partial charge in [-0.25, -0.2) is 0 Å². The summed E-state index contributed by atoms with van der Waals surface area (Å²) in [6.07, 6.45) is 5.24. The maximum atomic E-state index is 5.37. The lowest BCUT2D eigenvalue weighted by atomic mass is 10.1. The van der Waals surface area contributed by atoms with E-state index in [-0.39, 0.29) is 0 Å². The van der Waals surface area contributed by atoms with Gasteiger partial charge in [-0.3, -0.25) is 0 Å². The molecule has 1 aromatic carbocycles. The summed E-state index contributed by atoms with van der Waals surface area (Å²) >= 11 is 0. The predicted octanol–water partition coefficient (Wildman–Crippen LogP) is 2.39. The van der Waals surface area contributed by atoms with Crippen molar-refractivity contribution >= 4 is 0 Å². The third kappa shape index (κ3) is 3.32. The molecule has 1 aromatic rings. The highest BCUT2D eigenvalue weighted by atomic mass is 16.5. The van der Waals surface area contributed by atoms with Crippen LogP contribution in [0, 0.1) is 0 Å². The Hall–Kier alpha value is -0.860. The van der Waals surface area contributed by atoms with E-state index in [0.717, 1.165) is 13.0 Å². The van der Waals surface area contributed by atoms with Gasteiger partial charge in [0.1, 0.15) is 0 Å². The van der Waals surface area contributed by atoms with Crippen LogP contribution in [0.15, 0.2) is 30.3 Å². The summed E-state index contributed by atoms with van der Waals surface area (Å²) < 4.78 is 5.37. The maximum Gasteiger partial charge on any atom is 0.0586 e. The first kappa shape index (κ1) is 11.6. The Kier molecular flexibility index (Phi) is 4.37. The van der Waals surface area contributed by atoms with E-state index in [1.54, 1.807) is 0 Å². The van der Waals surface area contributed by atoms with Crippen molar-refractivity contribution in [1.82, 2.24) is 5.32 Å². The Bertz CT molecular complexity index is 299. The first-order valence-electron chi connectivity index (χ1n) is 6.18. The van der Waals surface area contributed by atoms with Crippen LogP contribution in [0.1, 0.15) is 24.8 Å².